The molecule has 0 aliphatic rings. The van der Waals surface area contributed by atoms with Gasteiger partial charge in [0.2, 0.25) is 0 Å². The predicted molar refractivity (Wildman–Crippen MR) is 73.8 cm³/mol. The predicted octanol–water partition coefficient (Wildman–Crippen LogP) is 2.54. The van der Waals surface area contributed by atoms with E-state index in [0.717, 1.165) is 42.3 Å². The third kappa shape index (κ3) is 3.23. The van der Waals surface area contributed by atoms with Crippen LogP contribution in [0.4, 0.5) is 0 Å². The Morgan fingerprint density at radius 2 is 2.18 bits per heavy atom. The van der Waals surface area contributed by atoms with Crippen molar-refractivity contribution < 1.29 is 4.42 Å². The van der Waals surface area contributed by atoms with Crippen LogP contribution in [0, 0.1) is 6.92 Å². The van der Waals surface area contributed by atoms with Crippen molar-refractivity contribution in [2.75, 3.05) is 25.9 Å². The van der Waals surface area contributed by atoms with Crippen molar-refractivity contribution in [1.29, 1.82) is 0 Å². The van der Waals surface area contributed by atoms with Gasteiger partial charge in [0.25, 0.3) is 0 Å². The number of hydrogen-bond acceptors (Lipinski definition) is 4. The van der Waals surface area contributed by atoms with Gasteiger partial charge in [-0.1, -0.05) is 6.07 Å². The minimum absolute atomic E-state index is 0.726. The quantitative estimate of drug-likeness (QED) is 0.827. The van der Waals surface area contributed by atoms with Gasteiger partial charge >= 0.3 is 0 Å². The summed E-state index contributed by atoms with van der Waals surface area (Å²) in [7, 11) is 2.12. The number of fused-ring (bicyclic) bond motifs is 1. The van der Waals surface area contributed by atoms with Crippen LogP contribution in [0.15, 0.2) is 22.6 Å². The second-order valence-corrected chi connectivity index (χ2v) is 4.76. The first-order valence-corrected chi connectivity index (χ1v) is 6.48. The topological polar surface area (TPSA) is 29.3 Å². The van der Waals surface area contributed by atoms with Gasteiger partial charge in [-0.3, -0.25) is 0 Å². The lowest BCUT2D eigenvalue weighted by Crippen LogP contribution is -2.23. The van der Waals surface area contributed by atoms with E-state index in [2.05, 4.69) is 41.7 Å². The van der Waals surface area contributed by atoms with Gasteiger partial charge in [-0.25, -0.2) is 4.98 Å². The molecule has 0 saturated heterocycles. The fourth-order valence-corrected chi connectivity index (χ4v) is 2.19. The van der Waals surface area contributed by atoms with Gasteiger partial charge < -0.3 is 9.32 Å². The molecule has 4 heteroatoms. The number of likely N-dealkylation sites (N-methyl/N-ethyl adjacent to an activating group) is 1. The Labute approximate surface area is 107 Å². The Kier molecular flexibility index (Phi) is 4.07. The summed E-state index contributed by atoms with van der Waals surface area (Å²) in [4.78, 5) is 6.63. The Morgan fingerprint density at radius 3 is 2.94 bits per heavy atom. The van der Waals surface area contributed by atoms with Crippen LogP contribution >= 0.6 is 12.6 Å². The molecule has 0 radical (unpaired) electrons. The molecule has 17 heavy (non-hydrogen) atoms. The van der Waals surface area contributed by atoms with Crippen LogP contribution in [-0.2, 0) is 6.42 Å². The van der Waals surface area contributed by atoms with Crippen molar-refractivity contribution in [3.8, 4) is 0 Å². The number of benzene rings is 1. The molecule has 1 aromatic heterocycles. The molecule has 3 nitrogen and oxygen atoms in total. The van der Waals surface area contributed by atoms with Gasteiger partial charge in [0.15, 0.2) is 11.5 Å². The van der Waals surface area contributed by atoms with Gasteiger partial charge in [0, 0.05) is 25.8 Å². The minimum atomic E-state index is 0.726. The summed E-state index contributed by atoms with van der Waals surface area (Å²) in [5.74, 6) is 1.63. The van der Waals surface area contributed by atoms with E-state index in [0.29, 0.717) is 0 Å². The zero-order valence-corrected chi connectivity index (χ0v) is 11.2. The zero-order chi connectivity index (χ0) is 12.3. The maximum Gasteiger partial charge on any atom is 0.192 e. The van der Waals surface area contributed by atoms with E-state index < -0.39 is 0 Å². The van der Waals surface area contributed by atoms with Crippen LogP contribution in [0.25, 0.3) is 11.1 Å². The van der Waals surface area contributed by atoms with Gasteiger partial charge in [-0.2, -0.15) is 12.6 Å². The Hall–Kier alpha value is -1.00. The molecular formula is C13H18N2OS. The summed E-state index contributed by atoms with van der Waals surface area (Å²) in [6, 6.07) is 6.23. The number of aromatic nitrogens is 1. The van der Waals surface area contributed by atoms with Crippen molar-refractivity contribution in [2.45, 2.75) is 13.3 Å². The van der Waals surface area contributed by atoms with E-state index in [1.165, 1.54) is 5.56 Å². The second kappa shape index (κ2) is 5.56. The van der Waals surface area contributed by atoms with Crippen molar-refractivity contribution in [3.05, 3.63) is 29.7 Å². The molecular weight excluding hydrogens is 232 g/mol. The fourth-order valence-electron chi connectivity index (χ4n) is 1.85. The monoisotopic (exact) mass is 250 g/mol. The van der Waals surface area contributed by atoms with Crippen LogP contribution in [0.1, 0.15) is 11.5 Å². The summed E-state index contributed by atoms with van der Waals surface area (Å²) in [5.41, 5.74) is 3.13. The van der Waals surface area contributed by atoms with Crippen molar-refractivity contribution in [1.82, 2.24) is 9.88 Å². The summed E-state index contributed by atoms with van der Waals surface area (Å²) >= 11 is 4.23. The third-order valence-electron chi connectivity index (χ3n) is 2.82. The molecule has 1 aromatic carbocycles. The number of nitrogens with zero attached hydrogens (tertiary/aromatic N) is 2. The lowest BCUT2D eigenvalue weighted by atomic mass is 10.1. The first kappa shape index (κ1) is 12.5. The normalized spacial score (nSPS) is 11.5. The van der Waals surface area contributed by atoms with Crippen molar-refractivity contribution >= 4 is 23.7 Å². The summed E-state index contributed by atoms with van der Waals surface area (Å²) in [6.45, 7) is 3.94. The zero-order valence-electron chi connectivity index (χ0n) is 10.3. The molecule has 2 aromatic rings. The van der Waals surface area contributed by atoms with Crippen molar-refractivity contribution in [3.63, 3.8) is 0 Å². The highest BCUT2D eigenvalue weighted by Crippen LogP contribution is 2.17. The molecule has 0 unspecified atom stereocenters. The number of rotatable bonds is 5. The highest BCUT2D eigenvalue weighted by atomic mass is 32.1. The van der Waals surface area contributed by atoms with Crippen molar-refractivity contribution in [2.24, 2.45) is 0 Å². The molecule has 0 amide bonds. The number of thiol groups is 1. The highest BCUT2D eigenvalue weighted by Gasteiger charge is 2.04. The first-order valence-electron chi connectivity index (χ1n) is 5.84. The van der Waals surface area contributed by atoms with E-state index in [-0.39, 0.29) is 0 Å². The standard InChI is InChI=1S/C13H18N2OS/c1-10-14-12-9-11(3-4-13(12)16-10)5-6-15(2)7-8-17/h3-4,9,17H,5-8H2,1-2H3. The Bertz CT molecular complexity index is 495. The molecule has 92 valence electrons. The molecule has 2 rings (SSSR count). The maximum absolute atomic E-state index is 5.46. The summed E-state index contributed by atoms with van der Waals surface area (Å²) < 4.78 is 5.46. The largest absolute Gasteiger partial charge is 0.441 e. The molecule has 0 aliphatic heterocycles. The van der Waals surface area contributed by atoms with Crippen LogP contribution < -0.4 is 0 Å². The van der Waals surface area contributed by atoms with E-state index in [1.54, 1.807) is 0 Å². The maximum atomic E-state index is 5.46. The average Bonchev–Trinajstić information content (AvgIpc) is 2.66. The smallest absolute Gasteiger partial charge is 0.192 e. The number of oxazole rings is 1. The molecule has 0 spiro atoms. The van der Waals surface area contributed by atoms with Gasteiger partial charge in [-0.15, -0.1) is 0 Å². The lowest BCUT2D eigenvalue weighted by Gasteiger charge is -2.14. The molecule has 0 N–H and O–H groups in total. The molecule has 0 atom stereocenters. The Balaban J connectivity index is 2.03. The second-order valence-electron chi connectivity index (χ2n) is 4.31. The molecule has 0 aliphatic carbocycles. The van der Waals surface area contributed by atoms with Gasteiger partial charge in [0.05, 0.1) is 0 Å². The molecule has 0 fully saturated rings. The third-order valence-corrected chi connectivity index (χ3v) is 3.02. The fraction of sp³-hybridized carbons (Fsp3) is 0.462. The highest BCUT2D eigenvalue weighted by molar-refractivity contribution is 7.80. The Morgan fingerprint density at radius 1 is 1.35 bits per heavy atom. The van der Waals surface area contributed by atoms with Gasteiger partial charge in [-0.05, 0) is 31.2 Å². The van der Waals surface area contributed by atoms with Crippen LogP contribution in [0.3, 0.4) is 0 Å². The first-order chi connectivity index (χ1) is 8.19. The van der Waals surface area contributed by atoms with Crippen LogP contribution in [0.5, 0.6) is 0 Å². The number of hydrogen-bond donors (Lipinski definition) is 1. The van der Waals surface area contributed by atoms with E-state index in [9.17, 15) is 0 Å². The van der Waals surface area contributed by atoms with E-state index in [1.807, 2.05) is 13.0 Å². The molecule has 1 heterocycles. The van der Waals surface area contributed by atoms with E-state index in [4.69, 9.17) is 4.42 Å². The average molecular weight is 250 g/mol. The van der Waals surface area contributed by atoms with Gasteiger partial charge in [0.1, 0.15) is 5.52 Å². The van der Waals surface area contributed by atoms with E-state index >= 15 is 0 Å². The lowest BCUT2D eigenvalue weighted by molar-refractivity contribution is 0.361. The van der Waals surface area contributed by atoms with Crippen LogP contribution in [-0.4, -0.2) is 35.8 Å². The summed E-state index contributed by atoms with van der Waals surface area (Å²) in [6.07, 6.45) is 1.03. The summed E-state index contributed by atoms with van der Waals surface area (Å²) in [5, 5.41) is 0. The molecule has 0 saturated carbocycles. The SMILES string of the molecule is Cc1nc2cc(CCN(C)CCS)ccc2o1. The minimum Gasteiger partial charge on any atom is -0.441 e. The molecule has 0 bridgehead atoms. The van der Waals surface area contributed by atoms with Crippen LogP contribution in [0.2, 0.25) is 0 Å². The number of aryl methyl sites for hydroxylation is 1.